The zero-order valence-corrected chi connectivity index (χ0v) is 18.9. The summed E-state index contributed by atoms with van der Waals surface area (Å²) < 4.78 is 11.5. The predicted octanol–water partition coefficient (Wildman–Crippen LogP) is 1.12. The number of piperazine rings is 1. The minimum Gasteiger partial charge on any atom is -0.489 e. The van der Waals surface area contributed by atoms with E-state index in [-0.39, 0.29) is 48.5 Å². The van der Waals surface area contributed by atoms with E-state index in [1.807, 2.05) is 32.0 Å². The lowest BCUT2D eigenvalue weighted by molar-refractivity contribution is -0.141. The lowest BCUT2D eigenvalue weighted by Gasteiger charge is -2.37. The Bertz CT molecular complexity index is 841. The lowest BCUT2D eigenvalue weighted by atomic mass is 9.81. The van der Waals surface area contributed by atoms with E-state index in [9.17, 15) is 14.7 Å². The number of benzene rings is 1. The summed E-state index contributed by atoms with van der Waals surface area (Å²) in [6.07, 6.45) is 0.991. The van der Waals surface area contributed by atoms with Gasteiger partial charge < -0.3 is 19.5 Å². The fraction of sp³-hybridized carbons (Fsp3) is 0.667. The smallest absolute Gasteiger partial charge is 0.233 e. The van der Waals surface area contributed by atoms with Crippen LogP contribution in [0.25, 0.3) is 0 Å². The SMILES string of the molecule is CC(C)Oc1ccccc1N1CCN(CC(O)CN2C(=O)C3CC4OC4CC3C2=O)CC1. The minimum absolute atomic E-state index is 0.0894. The highest BCUT2D eigenvalue weighted by Crippen LogP contribution is 2.47. The first kappa shape index (κ1) is 21.7. The van der Waals surface area contributed by atoms with Crippen LogP contribution in [0.1, 0.15) is 26.7 Å². The van der Waals surface area contributed by atoms with E-state index in [0.717, 1.165) is 37.6 Å². The Balaban J connectivity index is 1.13. The number of hydrogen-bond donors (Lipinski definition) is 1. The molecule has 8 nitrogen and oxygen atoms in total. The third-order valence-corrected chi connectivity index (χ3v) is 7.12. The normalized spacial score (nSPS) is 31.0. The van der Waals surface area contributed by atoms with Crippen LogP contribution in [0.3, 0.4) is 0 Å². The quantitative estimate of drug-likeness (QED) is 0.499. The highest BCUT2D eigenvalue weighted by atomic mass is 16.6. The summed E-state index contributed by atoms with van der Waals surface area (Å²) in [7, 11) is 0. The molecule has 4 fully saturated rings. The molecular formula is C24H33N3O5. The molecule has 4 aliphatic rings. The molecule has 174 valence electrons. The van der Waals surface area contributed by atoms with Crippen LogP contribution in [-0.2, 0) is 14.3 Å². The molecule has 2 amide bonds. The Morgan fingerprint density at radius 3 is 2.25 bits per heavy atom. The molecule has 3 saturated heterocycles. The van der Waals surface area contributed by atoms with Crippen LogP contribution in [-0.4, -0.2) is 90.4 Å². The molecule has 3 aliphatic heterocycles. The number of carbonyl (C=O) groups is 2. The molecule has 1 saturated carbocycles. The maximum atomic E-state index is 12.8. The van der Waals surface area contributed by atoms with Crippen molar-refractivity contribution in [1.82, 2.24) is 9.80 Å². The summed E-state index contributed by atoms with van der Waals surface area (Å²) in [4.78, 5) is 31.3. The Morgan fingerprint density at radius 1 is 1.00 bits per heavy atom. The molecule has 1 aromatic rings. The fourth-order valence-electron chi connectivity index (χ4n) is 5.47. The highest BCUT2D eigenvalue weighted by molar-refractivity contribution is 6.05. The van der Waals surface area contributed by atoms with Crippen molar-refractivity contribution in [2.45, 2.75) is 51.1 Å². The number of aliphatic hydroxyl groups is 1. The minimum atomic E-state index is -0.739. The standard InChI is InChI=1S/C24H33N3O5/c1-15(2)31-20-6-4-3-5-19(20)26-9-7-25(8-10-26)13-16(28)14-27-23(29)17-11-21-22(32-21)12-18(17)24(27)30/h3-6,15-18,21-22,28H,7-14H2,1-2H3. The van der Waals surface area contributed by atoms with Crippen molar-refractivity contribution in [1.29, 1.82) is 0 Å². The van der Waals surface area contributed by atoms with E-state index in [4.69, 9.17) is 9.47 Å². The molecule has 0 spiro atoms. The van der Waals surface area contributed by atoms with E-state index in [2.05, 4.69) is 15.9 Å². The first-order chi connectivity index (χ1) is 15.4. The fourth-order valence-corrected chi connectivity index (χ4v) is 5.47. The van der Waals surface area contributed by atoms with Crippen LogP contribution in [0.4, 0.5) is 5.69 Å². The number of β-amino-alcohol motifs (C(OH)–C–C–N with tert-alkyl or cyclic N) is 1. The molecule has 1 aromatic carbocycles. The molecule has 1 N–H and O–H groups in total. The van der Waals surface area contributed by atoms with Gasteiger partial charge in [0.25, 0.3) is 0 Å². The van der Waals surface area contributed by atoms with Gasteiger partial charge in [-0.3, -0.25) is 19.4 Å². The van der Waals surface area contributed by atoms with Crippen molar-refractivity contribution in [2.24, 2.45) is 11.8 Å². The van der Waals surface area contributed by atoms with Gasteiger partial charge in [-0.15, -0.1) is 0 Å². The third kappa shape index (κ3) is 4.23. The topological polar surface area (TPSA) is 85.8 Å². The van der Waals surface area contributed by atoms with Crippen LogP contribution in [0.15, 0.2) is 24.3 Å². The number of hydrogen-bond acceptors (Lipinski definition) is 7. The Kier molecular flexibility index (Phi) is 5.86. The number of anilines is 1. The molecule has 32 heavy (non-hydrogen) atoms. The van der Waals surface area contributed by atoms with Crippen molar-refractivity contribution in [2.75, 3.05) is 44.2 Å². The molecular weight excluding hydrogens is 410 g/mol. The molecule has 1 aliphatic carbocycles. The number of aliphatic hydroxyl groups excluding tert-OH is 1. The zero-order chi connectivity index (χ0) is 22.4. The Labute approximate surface area is 189 Å². The molecule has 3 heterocycles. The lowest BCUT2D eigenvalue weighted by Crippen LogP contribution is -2.50. The van der Waals surface area contributed by atoms with Gasteiger partial charge in [-0.2, -0.15) is 0 Å². The molecule has 5 unspecified atom stereocenters. The van der Waals surface area contributed by atoms with Gasteiger partial charge in [-0.05, 0) is 38.8 Å². The number of rotatable bonds is 7. The van der Waals surface area contributed by atoms with Crippen molar-refractivity contribution >= 4 is 17.5 Å². The average molecular weight is 444 g/mol. The highest BCUT2D eigenvalue weighted by Gasteiger charge is 2.58. The van der Waals surface area contributed by atoms with Crippen molar-refractivity contribution in [3.05, 3.63) is 24.3 Å². The second-order valence-corrected chi connectivity index (χ2v) is 9.76. The van der Waals surface area contributed by atoms with Gasteiger partial charge in [0.1, 0.15) is 5.75 Å². The van der Waals surface area contributed by atoms with Gasteiger partial charge in [0.05, 0.1) is 48.5 Å². The first-order valence-corrected chi connectivity index (χ1v) is 11.8. The van der Waals surface area contributed by atoms with Crippen LogP contribution in [0.5, 0.6) is 5.75 Å². The molecule has 0 aromatic heterocycles. The summed E-state index contributed by atoms with van der Waals surface area (Å²) in [5, 5.41) is 10.7. The number of carbonyl (C=O) groups excluding carboxylic acids is 2. The van der Waals surface area contributed by atoms with Crippen LogP contribution >= 0.6 is 0 Å². The van der Waals surface area contributed by atoms with E-state index in [1.165, 1.54) is 4.90 Å². The van der Waals surface area contributed by atoms with E-state index < -0.39 is 6.10 Å². The zero-order valence-electron chi connectivity index (χ0n) is 18.9. The summed E-state index contributed by atoms with van der Waals surface area (Å²) >= 11 is 0. The van der Waals surface area contributed by atoms with Gasteiger partial charge in [0, 0.05) is 32.7 Å². The number of imide groups is 1. The first-order valence-electron chi connectivity index (χ1n) is 11.8. The number of amides is 2. The van der Waals surface area contributed by atoms with Crippen LogP contribution in [0.2, 0.25) is 0 Å². The predicted molar refractivity (Wildman–Crippen MR) is 118 cm³/mol. The number of para-hydroxylation sites is 2. The Hall–Kier alpha value is -2.16. The van der Waals surface area contributed by atoms with Gasteiger partial charge in [0.15, 0.2) is 0 Å². The molecule has 0 radical (unpaired) electrons. The summed E-state index contributed by atoms with van der Waals surface area (Å²) in [5.74, 6) is 0.135. The average Bonchev–Trinajstić information content (AvgIpc) is 3.50. The van der Waals surface area contributed by atoms with Crippen molar-refractivity contribution < 1.29 is 24.2 Å². The maximum Gasteiger partial charge on any atom is 0.233 e. The van der Waals surface area contributed by atoms with Crippen molar-refractivity contribution in [3.8, 4) is 5.75 Å². The molecule has 5 atom stereocenters. The number of likely N-dealkylation sites (tertiary alicyclic amines) is 1. The van der Waals surface area contributed by atoms with E-state index in [1.54, 1.807) is 0 Å². The third-order valence-electron chi connectivity index (χ3n) is 7.12. The number of nitrogens with zero attached hydrogens (tertiary/aromatic N) is 3. The van der Waals surface area contributed by atoms with E-state index >= 15 is 0 Å². The monoisotopic (exact) mass is 443 g/mol. The summed E-state index contributed by atoms with van der Waals surface area (Å²) in [6.45, 7) is 7.88. The maximum absolute atomic E-state index is 12.8. The number of epoxide rings is 1. The van der Waals surface area contributed by atoms with Gasteiger partial charge in [0.2, 0.25) is 11.8 Å². The largest absolute Gasteiger partial charge is 0.489 e. The molecule has 8 heteroatoms. The van der Waals surface area contributed by atoms with E-state index in [0.29, 0.717) is 19.4 Å². The number of ether oxygens (including phenoxy) is 2. The Morgan fingerprint density at radius 2 is 1.62 bits per heavy atom. The van der Waals surface area contributed by atoms with Crippen LogP contribution in [0, 0.1) is 11.8 Å². The van der Waals surface area contributed by atoms with Gasteiger partial charge >= 0.3 is 0 Å². The van der Waals surface area contributed by atoms with Gasteiger partial charge in [-0.25, -0.2) is 0 Å². The van der Waals surface area contributed by atoms with Crippen molar-refractivity contribution in [3.63, 3.8) is 0 Å². The molecule has 5 rings (SSSR count). The van der Waals surface area contributed by atoms with Gasteiger partial charge in [-0.1, -0.05) is 12.1 Å². The number of fused-ring (bicyclic) bond motifs is 2. The summed E-state index contributed by atoms with van der Waals surface area (Å²) in [5.41, 5.74) is 1.10. The second-order valence-electron chi connectivity index (χ2n) is 9.76. The second kappa shape index (κ2) is 8.65. The van der Waals surface area contributed by atoms with Crippen LogP contribution < -0.4 is 9.64 Å². The summed E-state index contributed by atoms with van der Waals surface area (Å²) in [6, 6.07) is 8.10. The molecule has 0 bridgehead atoms.